The standard InChI is InChI=1S/C14H21N3O/c15-13-9-8-12(10-16-13)17-14(18)7-3-6-11-4-1-2-5-11/h8-11H,1-7H2,(H2,15,16)(H,17,18). The van der Waals surface area contributed by atoms with Gasteiger partial charge in [-0.05, 0) is 30.9 Å². The molecule has 1 aliphatic carbocycles. The normalized spacial score (nSPS) is 15.8. The molecule has 0 spiro atoms. The lowest BCUT2D eigenvalue weighted by Gasteiger charge is -2.08. The van der Waals surface area contributed by atoms with Crippen molar-refractivity contribution in [3.63, 3.8) is 0 Å². The van der Waals surface area contributed by atoms with Crippen molar-refractivity contribution in [3.05, 3.63) is 18.3 Å². The highest BCUT2D eigenvalue weighted by Gasteiger charge is 2.14. The van der Waals surface area contributed by atoms with E-state index in [1.165, 1.54) is 32.1 Å². The average Bonchev–Trinajstić information content (AvgIpc) is 2.85. The Hall–Kier alpha value is -1.58. The second-order valence-corrected chi connectivity index (χ2v) is 5.06. The van der Waals surface area contributed by atoms with E-state index < -0.39 is 0 Å². The van der Waals surface area contributed by atoms with Crippen LogP contribution in [0.3, 0.4) is 0 Å². The van der Waals surface area contributed by atoms with Crippen LogP contribution in [0.15, 0.2) is 18.3 Å². The maximum absolute atomic E-state index is 11.7. The fourth-order valence-corrected chi connectivity index (χ4v) is 2.55. The Bertz CT molecular complexity index is 383. The van der Waals surface area contributed by atoms with Gasteiger partial charge >= 0.3 is 0 Å². The number of pyridine rings is 1. The van der Waals surface area contributed by atoms with E-state index in [0.717, 1.165) is 18.0 Å². The molecular formula is C14H21N3O. The van der Waals surface area contributed by atoms with Gasteiger partial charge in [0, 0.05) is 6.42 Å². The second-order valence-electron chi connectivity index (χ2n) is 5.06. The fraction of sp³-hybridized carbons (Fsp3) is 0.571. The van der Waals surface area contributed by atoms with Gasteiger partial charge in [0.1, 0.15) is 5.82 Å². The van der Waals surface area contributed by atoms with Crippen molar-refractivity contribution in [2.75, 3.05) is 11.1 Å². The number of hydrogen-bond acceptors (Lipinski definition) is 3. The first-order valence-corrected chi connectivity index (χ1v) is 6.75. The molecule has 4 heteroatoms. The molecule has 98 valence electrons. The van der Waals surface area contributed by atoms with E-state index in [1.54, 1.807) is 18.3 Å². The quantitative estimate of drug-likeness (QED) is 0.840. The van der Waals surface area contributed by atoms with Gasteiger partial charge in [0.25, 0.3) is 0 Å². The molecule has 0 atom stereocenters. The lowest BCUT2D eigenvalue weighted by molar-refractivity contribution is -0.116. The molecule has 1 fully saturated rings. The number of carbonyl (C=O) groups excluding carboxylic acids is 1. The van der Waals surface area contributed by atoms with E-state index in [0.29, 0.717) is 12.2 Å². The highest BCUT2D eigenvalue weighted by atomic mass is 16.1. The second kappa shape index (κ2) is 6.38. The van der Waals surface area contributed by atoms with Crippen molar-refractivity contribution >= 4 is 17.4 Å². The molecular weight excluding hydrogens is 226 g/mol. The van der Waals surface area contributed by atoms with Crippen LogP contribution in [-0.4, -0.2) is 10.9 Å². The number of rotatable bonds is 5. The third-order valence-corrected chi connectivity index (χ3v) is 3.56. The maximum atomic E-state index is 11.7. The summed E-state index contributed by atoms with van der Waals surface area (Å²) >= 11 is 0. The number of nitrogen functional groups attached to an aromatic ring is 1. The summed E-state index contributed by atoms with van der Waals surface area (Å²) in [6.07, 6.45) is 9.80. The topological polar surface area (TPSA) is 68.0 Å². The predicted molar refractivity (Wildman–Crippen MR) is 73.1 cm³/mol. The van der Waals surface area contributed by atoms with Crippen molar-refractivity contribution in [1.29, 1.82) is 0 Å². The number of nitrogens with zero attached hydrogens (tertiary/aromatic N) is 1. The van der Waals surface area contributed by atoms with E-state index in [1.807, 2.05) is 0 Å². The molecule has 1 amide bonds. The summed E-state index contributed by atoms with van der Waals surface area (Å²) in [5.41, 5.74) is 6.20. The number of nitrogens with two attached hydrogens (primary N) is 1. The van der Waals surface area contributed by atoms with E-state index in [2.05, 4.69) is 10.3 Å². The van der Waals surface area contributed by atoms with Crippen LogP contribution in [0.5, 0.6) is 0 Å². The lowest BCUT2D eigenvalue weighted by atomic mass is 10.0. The number of aromatic nitrogens is 1. The Labute approximate surface area is 108 Å². The largest absolute Gasteiger partial charge is 0.384 e. The molecule has 1 aromatic rings. The van der Waals surface area contributed by atoms with Gasteiger partial charge in [-0.15, -0.1) is 0 Å². The molecule has 4 nitrogen and oxygen atoms in total. The van der Waals surface area contributed by atoms with Gasteiger partial charge in [-0.2, -0.15) is 0 Å². The van der Waals surface area contributed by atoms with E-state index in [9.17, 15) is 4.79 Å². The molecule has 1 aliphatic rings. The first-order valence-electron chi connectivity index (χ1n) is 6.75. The maximum Gasteiger partial charge on any atom is 0.224 e. The SMILES string of the molecule is Nc1ccc(NC(=O)CCCC2CCCC2)cn1. The molecule has 0 radical (unpaired) electrons. The van der Waals surface area contributed by atoms with Crippen LogP contribution in [0.4, 0.5) is 11.5 Å². The number of amides is 1. The molecule has 0 aliphatic heterocycles. The van der Waals surface area contributed by atoms with Gasteiger partial charge in [-0.25, -0.2) is 4.98 Å². The van der Waals surface area contributed by atoms with Crippen LogP contribution in [0.1, 0.15) is 44.9 Å². The predicted octanol–water partition coefficient (Wildman–Crippen LogP) is 2.96. The monoisotopic (exact) mass is 247 g/mol. The Morgan fingerprint density at radius 2 is 2.17 bits per heavy atom. The zero-order valence-electron chi connectivity index (χ0n) is 10.7. The van der Waals surface area contributed by atoms with Gasteiger partial charge in [-0.1, -0.05) is 25.7 Å². The first-order chi connectivity index (χ1) is 8.74. The molecule has 3 N–H and O–H groups in total. The van der Waals surface area contributed by atoms with E-state index >= 15 is 0 Å². The van der Waals surface area contributed by atoms with Gasteiger partial charge < -0.3 is 11.1 Å². The smallest absolute Gasteiger partial charge is 0.224 e. The van der Waals surface area contributed by atoms with Gasteiger partial charge in [0.05, 0.1) is 11.9 Å². The zero-order chi connectivity index (χ0) is 12.8. The van der Waals surface area contributed by atoms with Crippen LogP contribution in [0.2, 0.25) is 0 Å². The number of anilines is 2. The number of hydrogen-bond donors (Lipinski definition) is 2. The molecule has 18 heavy (non-hydrogen) atoms. The summed E-state index contributed by atoms with van der Waals surface area (Å²) < 4.78 is 0. The number of nitrogens with one attached hydrogen (secondary N) is 1. The van der Waals surface area contributed by atoms with Crippen molar-refractivity contribution < 1.29 is 4.79 Å². The molecule has 0 unspecified atom stereocenters. The third-order valence-electron chi connectivity index (χ3n) is 3.56. The first kappa shape index (κ1) is 12.9. The molecule has 1 heterocycles. The summed E-state index contributed by atoms with van der Waals surface area (Å²) in [4.78, 5) is 15.6. The van der Waals surface area contributed by atoms with E-state index in [-0.39, 0.29) is 5.91 Å². The van der Waals surface area contributed by atoms with Crippen LogP contribution in [0.25, 0.3) is 0 Å². The Morgan fingerprint density at radius 3 is 2.83 bits per heavy atom. The lowest BCUT2D eigenvalue weighted by Crippen LogP contribution is -2.12. The highest BCUT2D eigenvalue weighted by molar-refractivity contribution is 5.90. The molecule has 0 saturated heterocycles. The van der Waals surface area contributed by atoms with Crippen LogP contribution >= 0.6 is 0 Å². The van der Waals surface area contributed by atoms with Crippen molar-refractivity contribution in [3.8, 4) is 0 Å². The summed E-state index contributed by atoms with van der Waals surface area (Å²) in [5.74, 6) is 1.39. The number of carbonyl (C=O) groups is 1. The highest BCUT2D eigenvalue weighted by Crippen LogP contribution is 2.28. The molecule has 1 aromatic heterocycles. The van der Waals surface area contributed by atoms with Gasteiger partial charge in [-0.3, -0.25) is 4.79 Å². The fourth-order valence-electron chi connectivity index (χ4n) is 2.55. The van der Waals surface area contributed by atoms with Crippen molar-refractivity contribution in [2.24, 2.45) is 5.92 Å². The average molecular weight is 247 g/mol. The van der Waals surface area contributed by atoms with Crippen molar-refractivity contribution in [1.82, 2.24) is 4.98 Å². The summed E-state index contributed by atoms with van der Waals surface area (Å²) in [6, 6.07) is 3.46. The Kier molecular flexibility index (Phi) is 4.56. The van der Waals surface area contributed by atoms with Crippen LogP contribution in [0, 0.1) is 5.92 Å². The molecule has 2 rings (SSSR count). The van der Waals surface area contributed by atoms with Crippen LogP contribution < -0.4 is 11.1 Å². The van der Waals surface area contributed by atoms with E-state index in [4.69, 9.17) is 5.73 Å². The Morgan fingerprint density at radius 1 is 1.39 bits per heavy atom. The minimum Gasteiger partial charge on any atom is -0.384 e. The van der Waals surface area contributed by atoms with Crippen molar-refractivity contribution in [2.45, 2.75) is 44.9 Å². The minimum absolute atomic E-state index is 0.0690. The summed E-state index contributed by atoms with van der Waals surface area (Å²) in [7, 11) is 0. The van der Waals surface area contributed by atoms with Gasteiger partial charge in [0.2, 0.25) is 5.91 Å². The summed E-state index contributed by atoms with van der Waals surface area (Å²) in [5, 5.41) is 2.84. The molecule has 0 bridgehead atoms. The Balaban J connectivity index is 1.66. The zero-order valence-corrected chi connectivity index (χ0v) is 10.7. The van der Waals surface area contributed by atoms with Gasteiger partial charge in [0.15, 0.2) is 0 Å². The molecule has 1 saturated carbocycles. The molecule has 0 aromatic carbocycles. The summed E-state index contributed by atoms with van der Waals surface area (Å²) in [6.45, 7) is 0. The third kappa shape index (κ3) is 4.02. The van der Waals surface area contributed by atoms with Crippen LogP contribution in [-0.2, 0) is 4.79 Å². The minimum atomic E-state index is 0.0690.